The average Bonchev–Trinajstić information content (AvgIpc) is 2.39. The molecule has 4 nitrogen and oxygen atoms in total. The zero-order valence-electron chi connectivity index (χ0n) is 10.7. The molecule has 0 aliphatic carbocycles. The zero-order valence-corrected chi connectivity index (χ0v) is 10.7. The number of benzene rings is 1. The molecule has 0 bridgehead atoms. The van der Waals surface area contributed by atoms with Gasteiger partial charge in [-0.3, -0.25) is 14.9 Å². The van der Waals surface area contributed by atoms with Gasteiger partial charge in [-0.2, -0.15) is 0 Å². The molecule has 18 heavy (non-hydrogen) atoms. The van der Waals surface area contributed by atoms with Crippen LogP contribution in [0.2, 0.25) is 0 Å². The molecule has 0 aliphatic rings. The molecule has 0 radical (unpaired) electrons. The van der Waals surface area contributed by atoms with Crippen molar-refractivity contribution in [2.45, 2.75) is 38.6 Å². The molecule has 0 spiro atoms. The van der Waals surface area contributed by atoms with Gasteiger partial charge in [0.25, 0.3) is 0 Å². The first kappa shape index (κ1) is 14.4. The van der Waals surface area contributed by atoms with Crippen molar-refractivity contribution in [2.24, 2.45) is 5.73 Å². The van der Waals surface area contributed by atoms with E-state index < -0.39 is 11.9 Å². The minimum absolute atomic E-state index is 0.250. The predicted molar refractivity (Wildman–Crippen MR) is 70.7 cm³/mol. The molecule has 2 amide bonds. The van der Waals surface area contributed by atoms with Crippen LogP contribution in [0.5, 0.6) is 0 Å². The minimum atomic E-state index is -0.790. The highest BCUT2D eigenvalue weighted by Crippen LogP contribution is 2.09. The highest BCUT2D eigenvalue weighted by Gasteiger charge is 2.17. The maximum Gasteiger partial charge on any atom is 0.248 e. The zero-order chi connectivity index (χ0) is 13.4. The average molecular weight is 248 g/mol. The van der Waals surface area contributed by atoms with Gasteiger partial charge in [0.05, 0.1) is 0 Å². The van der Waals surface area contributed by atoms with Crippen molar-refractivity contribution < 1.29 is 9.59 Å². The summed E-state index contributed by atoms with van der Waals surface area (Å²) in [5.41, 5.74) is 6.48. The Labute approximate surface area is 108 Å². The summed E-state index contributed by atoms with van der Waals surface area (Å²) in [5.74, 6) is -0.692. The number of amides is 2. The number of imide groups is 1. The fourth-order valence-corrected chi connectivity index (χ4v) is 1.62. The number of nitrogens with one attached hydrogen (secondary N) is 1. The van der Waals surface area contributed by atoms with Crippen molar-refractivity contribution in [3.63, 3.8) is 0 Å². The van der Waals surface area contributed by atoms with E-state index in [1.165, 1.54) is 0 Å². The summed E-state index contributed by atoms with van der Waals surface area (Å²) in [6.07, 6.45) is 3.22. The van der Waals surface area contributed by atoms with Gasteiger partial charge in [-0.15, -0.1) is 0 Å². The third-order valence-corrected chi connectivity index (χ3v) is 2.71. The van der Waals surface area contributed by atoms with Crippen molar-refractivity contribution in [3.8, 4) is 0 Å². The van der Waals surface area contributed by atoms with Gasteiger partial charge in [-0.1, -0.05) is 50.1 Å². The van der Waals surface area contributed by atoms with Gasteiger partial charge >= 0.3 is 0 Å². The number of nitrogens with two attached hydrogens (primary N) is 1. The topological polar surface area (TPSA) is 72.2 Å². The molecule has 0 fully saturated rings. The molecule has 0 saturated heterocycles. The van der Waals surface area contributed by atoms with Crippen LogP contribution in [0.1, 0.15) is 44.2 Å². The van der Waals surface area contributed by atoms with Crippen LogP contribution in [0.4, 0.5) is 0 Å². The molecular weight excluding hydrogens is 228 g/mol. The maximum absolute atomic E-state index is 11.7. The fraction of sp³-hybridized carbons (Fsp3) is 0.429. The Morgan fingerprint density at radius 2 is 1.89 bits per heavy atom. The molecule has 1 atom stereocenters. The summed E-state index contributed by atoms with van der Waals surface area (Å²) in [7, 11) is 0. The SMILES string of the molecule is CCCCCC(=O)NC(=O)C(N)c1ccccc1. The maximum atomic E-state index is 11.7. The quantitative estimate of drug-likeness (QED) is 0.755. The van der Waals surface area contributed by atoms with Crippen molar-refractivity contribution in [2.75, 3.05) is 0 Å². The Morgan fingerprint density at radius 3 is 2.50 bits per heavy atom. The van der Waals surface area contributed by atoms with E-state index in [4.69, 9.17) is 5.73 Å². The normalized spacial score (nSPS) is 11.9. The molecule has 0 saturated carbocycles. The fourth-order valence-electron chi connectivity index (χ4n) is 1.62. The van der Waals surface area contributed by atoms with Gasteiger partial charge < -0.3 is 5.73 Å². The van der Waals surface area contributed by atoms with E-state index in [2.05, 4.69) is 12.2 Å². The van der Waals surface area contributed by atoms with E-state index in [9.17, 15) is 9.59 Å². The van der Waals surface area contributed by atoms with Crippen molar-refractivity contribution >= 4 is 11.8 Å². The first-order chi connectivity index (χ1) is 8.65. The van der Waals surface area contributed by atoms with Crippen LogP contribution in [0.25, 0.3) is 0 Å². The smallest absolute Gasteiger partial charge is 0.248 e. The van der Waals surface area contributed by atoms with E-state index in [1.54, 1.807) is 12.1 Å². The summed E-state index contributed by atoms with van der Waals surface area (Å²) in [6, 6.07) is 8.22. The molecule has 0 aliphatic heterocycles. The molecule has 1 rings (SSSR count). The van der Waals surface area contributed by atoms with Crippen molar-refractivity contribution in [1.82, 2.24) is 5.32 Å². The molecule has 1 aromatic rings. The second-order valence-corrected chi connectivity index (χ2v) is 4.26. The molecule has 98 valence electrons. The van der Waals surface area contributed by atoms with Crippen LogP contribution < -0.4 is 11.1 Å². The lowest BCUT2D eigenvalue weighted by atomic mass is 10.1. The molecule has 1 unspecified atom stereocenters. The molecule has 3 N–H and O–H groups in total. The monoisotopic (exact) mass is 248 g/mol. The Bertz CT molecular complexity index is 390. The van der Waals surface area contributed by atoms with Gasteiger partial charge in [0.2, 0.25) is 11.8 Å². The van der Waals surface area contributed by atoms with Crippen molar-refractivity contribution in [1.29, 1.82) is 0 Å². The molecule has 0 heterocycles. The number of hydrogen-bond acceptors (Lipinski definition) is 3. The lowest BCUT2D eigenvalue weighted by Crippen LogP contribution is -2.37. The van der Waals surface area contributed by atoms with Crippen LogP contribution in [-0.4, -0.2) is 11.8 Å². The van der Waals surface area contributed by atoms with E-state index in [1.807, 2.05) is 18.2 Å². The first-order valence-electron chi connectivity index (χ1n) is 6.29. The molecule has 4 heteroatoms. The summed E-state index contributed by atoms with van der Waals surface area (Å²) in [4.78, 5) is 23.2. The minimum Gasteiger partial charge on any atom is -0.316 e. The van der Waals surface area contributed by atoms with Crippen LogP contribution in [-0.2, 0) is 9.59 Å². The third kappa shape index (κ3) is 4.67. The van der Waals surface area contributed by atoms with E-state index in [0.717, 1.165) is 19.3 Å². The standard InChI is InChI=1S/C14H20N2O2/c1-2-3-5-10-12(17)16-14(18)13(15)11-8-6-4-7-9-11/h4,6-9,13H,2-3,5,10,15H2,1H3,(H,16,17,18). The van der Waals surface area contributed by atoms with Crippen molar-refractivity contribution in [3.05, 3.63) is 35.9 Å². The summed E-state index contributed by atoms with van der Waals surface area (Å²) >= 11 is 0. The predicted octanol–water partition coefficient (Wildman–Crippen LogP) is 1.91. The summed E-state index contributed by atoms with van der Waals surface area (Å²) in [5, 5.41) is 2.33. The van der Waals surface area contributed by atoms with E-state index in [0.29, 0.717) is 12.0 Å². The third-order valence-electron chi connectivity index (χ3n) is 2.71. The molecular formula is C14H20N2O2. The lowest BCUT2D eigenvalue weighted by molar-refractivity contribution is -0.131. The summed E-state index contributed by atoms with van der Waals surface area (Å²) in [6.45, 7) is 2.06. The number of rotatable bonds is 6. The first-order valence-corrected chi connectivity index (χ1v) is 6.29. The Balaban J connectivity index is 2.43. The second-order valence-electron chi connectivity index (χ2n) is 4.26. The van der Waals surface area contributed by atoms with Gasteiger partial charge in [-0.05, 0) is 12.0 Å². The lowest BCUT2D eigenvalue weighted by Gasteiger charge is -2.11. The van der Waals surface area contributed by atoms with Crippen LogP contribution in [0.3, 0.4) is 0 Å². The van der Waals surface area contributed by atoms with Gasteiger partial charge in [-0.25, -0.2) is 0 Å². The van der Waals surface area contributed by atoms with Crippen LogP contribution in [0, 0.1) is 0 Å². The number of hydrogen-bond donors (Lipinski definition) is 2. The number of carbonyl (C=O) groups is 2. The Morgan fingerprint density at radius 1 is 1.22 bits per heavy atom. The van der Waals surface area contributed by atoms with Gasteiger partial charge in [0.1, 0.15) is 6.04 Å². The van der Waals surface area contributed by atoms with Crippen LogP contribution in [0.15, 0.2) is 30.3 Å². The van der Waals surface area contributed by atoms with Gasteiger partial charge in [0.15, 0.2) is 0 Å². The summed E-state index contributed by atoms with van der Waals surface area (Å²) < 4.78 is 0. The molecule has 0 aromatic heterocycles. The van der Waals surface area contributed by atoms with Crippen LogP contribution >= 0.6 is 0 Å². The molecule has 1 aromatic carbocycles. The number of unbranched alkanes of at least 4 members (excludes halogenated alkanes) is 2. The highest BCUT2D eigenvalue weighted by atomic mass is 16.2. The van der Waals surface area contributed by atoms with Gasteiger partial charge in [0, 0.05) is 6.42 Å². The Kier molecular flexibility index (Phi) is 6.08. The largest absolute Gasteiger partial charge is 0.316 e. The van der Waals surface area contributed by atoms with E-state index >= 15 is 0 Å². The van der Waals surface area contributed by atoms with E-state index in [-0.39, 0.29) is 5.91 Å². The Hall–Kier alpha value is -1.68. The second kappa shape index (κ2) is 7.61. The highest BCUT2D eigenvalue weighted by molar-refractivity contribution is 5.98. The number of carbonyl (C=O) groups excluding carboxylic acids is 2.